The molecule has 148 valence electrons. The molecule has 1 aromatic rings. The molecule has 1 aromatic carbocycles. The van der Waals surface area contributed by atoms with Crippen molar-refractivity contribution in [2.45, 2.75) is 31.0 Å². The molecule has 0 spiro atoms. The van der Waals surface area contributed by atoms with Gasteiger partial charge in [0.1, 0.15) is 17.8 Å². The molecule has 0 saturated carbocycles. The Morgan fingerprint density at radius 1 is 1.04 bits per heavy atom. The van der Waals surface area contributed by atoms with E-state index in [0.29, 0.717) is 5.56 Å². The maximum absolute atomic E-state index is 12.4. The Labute approximate surface area is 160 Å². The number of primary amides is 1. The van der Waals surface area contributed by atoms with Crippen LogP contribution in [0.3, 0.4) is 0 Å². The van der Waals surface area contributed by atoms with Crippen molar-refractivity contribution in [1.29, 1.82) is 0 Å². The maximum Gasteiger partial charge on any atom is 0.326 e. The largest absolute Gasteiger partial charge is 0.508 e. The molecular formula is C16H22N4O6S. The normalized spacial score (nSPS) is 13.9. The van der Waals surface area contributed by atoms with Gasteiger partial charge in [-0.15, -0.1) is 0 Å². The third kappa shape index (κ3) is 7.54. The molecular weight excluding hydrogens is 376 g/mol. The molecule has 3 atom stereocenters. The van der Waals surface area contributed by atoms with Gasteiger partial charge < -0.3 is 32.3 Å². The Morgan fingerprint density at radius 3 is 2.07 bits per heavy atom. The first kappa shape index (κ1) is 22.3. The quantitative estimate of drug-likeness (QED) is 0.225. The summed E-state index contributed by atoms with van der Waals surface area (Å²) in [6.45, 7) is 0. The number of benzene rings is 1. The number of amides is 3. The lowest BCUT2D eigenvalue weighted by atomic mass is 10.0. The molecule has 0 fully saturated rings. The lowest BCUT2D eigenvalue weighted by Crippen LogP contribution is -2.56. The second kappa shape index (κ2) is 10.4. The van der Waals surface area contributed by atoms with E-state index in [-0.39, 0.29) is 17.9 Å². The minimum atomic E-state index is -1.37. The Balaban J connectivity index is 2.87. The molecule has 10 nitrogen and oxygen atoms in total. The number of hydrogen-bond donors (Lipinski definition) is 7. The molecule has 27 heavy (non-hydrogen) atoms. The van der Waals surface area contributed by atoms with Crippen molar-refractivity contribution in [3.05, 3.63) is 29.8 Å². The lowest BCUT2D eigenvalue weighted by Gasteiger charge is -2.22. The van der Waals surface area contributed by atoms with Gasteiger partial charge in [0.25, 0.3) is 0 Å². The van der Waals surface area contributed by atoms with Crippen LogP contribution in [0.2, 0.25) is 0 Å². The zero-order valence-corrected chi connectivity index (χ0v) is 15.2. The van der Waals surface area contributed by atoms with E-state index < -0.39 is 48.2 Å². The number of carbonyl (C=O) groups is 4. The first-order chi connectivity index (χ1) is 12.6. The second-order valence-electron chi connectivity index (χ2n) is 5.79. The third-order valence-corrected chi connectivity index (χ3v) is 3.96. The van der Waals surface area contributed by atoms with Crippen LogP contribution in [0, 0.1) is 0 Å². The van der Waals surface area contributed by atoms with Crippen LogP contribution in [0.1, 0.15) is 12.0 Å². The SMILES string of the molecule is NC(=O)C[C@H](NC(=O)[C@@H](N)CS)C(=O)N[C@@H](Cc1ccc(O)cc1)C(=O)O. The Bertz CT molecular complexity index is 697. The van der Waals surface area contributed by atoms with E-state index in [1.54, 1.807) is 0 Å². The predicted octanol–water partition coefficient (Wildman–Crippen LogP) is -1.88. The van der Waals surface area contributed by atoms with Gasteiger partial charge in [0.15, 0.2) is 0 Å². The van der Waals surface area contributed by atoms with Gasteiger partial charge in [-0.1, -0.05) is 12.1 Å². The van der Waals surface area contributed by atoms with Gasteiger partial charge in [-0.05, 0) is 17.7 Å². The number of phenolic OH excluding ortho intramolecular Hbond substituents is 1. The van der Waals surface area contributed by atoms with Crippen molar-refractivity contribution in [2.24, 2.45) is 11.5 Å². The molecule has 0 saturated heterocycles. The van der Waals surface area contributed by atoms with Crippen molar-refractivity contribution in [3.8, 4) is 5.75 Å². The average molecular weight is 398 g/mol. The van der Waals surface area contributed by atoms with E-state index in [4.69, 9.17) is 11.5 Å². The van der Waals surface area contributed by atoms with Crippen LogP contribution in [0.15, 0.2) is 24.3 Å². The number of thiol groups is 1. The molecule has 8 N–H and O–H groups in total. The van der Waals surface area contributed by atoms with Gasteiger partial charge in [-0.25, -0.2) is 4.79 Å². The van der Waals surface area contributed by atoms with Crippen molar-refractivity contribution in [3.63, 3.8) is 0 Å². The zero-order chi connectivity index (χ0) is 20.6. The Morgan fingerprint density at radius 2 is 1.59 bits per heavy atom. The number of aliphatic carboxylic acids is 1. The van der Waals surface area contributed by atoms with Crippen LogP contribution in [0.5, 0.6) is 5.75 Å². The fraction of sp³-hybridized carbons (Fsp3) is 0.375. The molecule has 1 rings (SSSR count). The maximum atomic E-state index is 12.4. The molecule has 0 aromatic heterocycles. The highest BCUT2D eigenvalue weighted by molar-refractivity contribution is 7.80. The molecule has 0 aliphatic heterocycles. The number of carbonyl (C=O) groups excluding carboxylic acids is 3. The van der Waals surface area contributed by atoms with E-state index in [2.05, 4.69) is 23.3 Å². The second-order valence-corrected chi connectivity index (χ2v) is 6.16. The van der Waals surface area contributed by atoms with E-state index in [1.807, 2.05) is 0 Å². The lowest BCUT2D eigenvalue weighted by molar-refractivity contribution is -0.142. The minimum Gasteiger partial charge on any atom is -0.508 e. The fourth-order valence-corrected chi connectivity index (χ4v) is 2.28. The summed E-state index contributed by atoms with van der Waals surface area (Å²) in [5.74, 6) is -3.76. The molecule has 0 unspecified atom stereocenters. The first-order valence-corrected chi connectivity index (χ1v) is 8.53. The summed E-state index contributed by atoms with van der Waals surface area (Å²) in [5.41, 5.74) is 11.1. The van der Waals surface area contributed by atoms with Gasteiger partial charge in [0.05, 0.1) is 12.5 Å². The van der Waals surface area contributed by atoms with Crippen molar-refractivity contribution in [2.75, 3.05) is 5.75 Å². The van der Waals surface area contributed by atoms with Crippen LogP contribution in [-0.4, -0.2) is 57.8 Å². The molecule has 11 heteroatoms. The number of nitrogens with two attached hydrogens (primary N) is 2. The Hall–Kier alpha value is -2.79. The molecule has 3 amide bonds. The summed E-state index contributed by atoms with van der Waals surface area (Å²) >= 11 is 3.87. The summed E-state index contributed by atoms with van der Waals surface area (Å²) in [5, 5.41) is 23.1. The highest BCUT2D eigenvalue weighted by Crippen LogP contribution is 2.11. The summed E-state index contributed by atoms with van der Waals surface area (Å²) in [6.07, 6.45) is -0.600. The fourth-order valence-electron chi connectivity index (χ4n) is 2.11. The number of carboxylic acids is 1. The van der Waals surface area contributed by atoms with Crippen LogP contribution in [0.25, 0.3) is 0 Å². The van der Waals surface area contributed by atoms with Crippen LogP contribution in [-0.2, 0) is 25.6 Å². The van der Waals surface area contributed by atoms with Gasteiger partial charge in [-0.3, -0.25) is 14.4 Å². The third-order valence-electron chi connectivity index (χ3n) is 3.56. The number of aromatic hydroxyl groups is 1. The summed E-state index contributed by atoms with van der Waals surface area (Å²) < 4.78 is 0. The van der Waals surface area contributed by atoms with Crippen LogP contribution >= 0.6 is 12.6 Å². The highest BCUT2D eigenvalue weighted by Gasteiger charge is 2.29. The van der Waals surface area contributed by atoms with Crippen LogP contribution < -0.4 is 22.1 Å². The number of hydrogen-bond acceptors (Lipinski definition) is 7. The first-order valence-electron chi connectivity index (χ1n) is 7.90. The molecule has 0 heterocycles. The molecule has 0 aliphatic rings. The summed E-state index contributed by atoms with van der Waals surface area (Å²) in [6, 6.07) is 2.06. The highest BCUT2D eigenvalue weighted by atomic mass is 32.1. The Kier molecular flexibility index (Phi) is 8.56. The molecule has 0 aliphatic carbocycles. The smallest absolute Gasteiger partial charge is 0.326 e. The number of rotatable bonds is 10. The van der Waals surface area contributed by atoms with Crippen molar-refractivity contribution >= 4 is 36.3 Å². The summed E-state index contributed by atoms with van der Waals surface area (Å²) in [7, 11) is 0. The van der Waals surface area contributed by atoms with Gasteiger partial charge >= 0.3 is 5.97 Å². The van der Waals surface area contributed by atoms with E-state index in [1.165, 1.54) is 24.3 Å². The number of nitrogens with one attached hydrogen (secondary N) is 2. The molecule has 0 bridgehead atoms. The zero-order valence-electron chi connectivity index (χ0n) is 14.3. The standard InChI is InChI=1S/C16H22N4O6S/c17-10(7-27)14(23)19-11(6-13(18)22)15(24)20-12(16(25)26)5-8-1-3-9(21)4-2-8/h1-4,10-12,21,27H,5-7,17H2,(H2,18,22)(H,19,23)(H,20,24)(H,25,26)/t10-,11-,12-/m0/s1. The van der Waals surface area contributed by atoms with Gasteiger partial charge in [0.2, 0.25) is 17.7 Å². The number of phenols is 1. The van der Waals surface area contributed by atoms with E-state index >= 15 is 0 Å². The van der Waals surface area contributed by atoms with Gasteiger partial charge in [0, 0.05) is 12.2 Å². The monoisotopic (exact) mass is 398 g/mol. The minimum absolute atomic E-state index is 0.00927. The van der Waals surface area contributed by atoms with E-state index in [9.17, 15) is 29.4 Å². The summed E-state index contributed by atoms with van der Waals surface area (Å²) in [4.78, 5) is 46.9. The van der Waals surface area contributed by atoms with Gasteiger partial charge in [-0.2, -0.15) is 12.6 Å². The topological polar surface area (TPSA) is 185 Å². The van der Waals surface area contributed by atoms with Crippen molar-refractivity contribution in [1.82, 2.24) is 10.6 Å². The predicted molar refractivity (Wildman–Crippen MR) is 98.9 cm³/mol. The molecule has 0 radical (unpaired) electrons. The number of carboxylic acid groups (broad SMARTS) is 1. The van der Waals surface area contributed by atoms with Crippen LogP contribution in [0.4, 0.5) is 0 Å². The van der Waals surface area contributed by atoms with Crippen molar-refractivity contribution < 1.29 is 29.4 Å². The van der Waals surface area contributed by atoms with E-state index in [0.717, 1.165) is 0 Å². The average Bonchev–Trinajstić information content (AvgIpc) is 2.60.